The lowest BCUT2D eigenvalue weighted by Gasteiger charge is -2.33. The summed E-state index contributed by atoms with van der Waals surface area (Å²) in [6.45, 7) is 3.86. The molecule has 2 aromatic carbocycles. The molecule has 150 valence electrons. The maximum atomic E-state index is 13.2. The molecule has 2 N–H and O–H groups in total. The number of benzene rings is 2. The van der Waals surface area contributed by atoms with Crippen molar-refractivity contribution >= 4 is 35.0 Å². The zero-order valence-electron chi connectivity index (χ0n) is 16.1. The predicted octanol–water partition coefficient (Wildman–Crippen LogP) is 3.95. The molecule has 1 aromatic heterocycles. The third-order valence-corrected chi connectivity index (χ3v) is 6.22. The Balaban J connectivity index is 1.67. The Hall–Kier alpha value is -2.71. The standard InChI is InChI=1S/C20H20ClN5O2S/c1-11-4-7-14(8-5-11)22-19(27)18-17(13-6-9-16(28-3)15(21)10-13)25-26-12(2)23-24-20(26)29-18/h4-10,17-18,25H,1-3H3,(H,22,27)/t17-,18+/m0/s1. The van der Waals surface area contributed by atoms with Crippen LogP contribution >= 0.6 is 23.4 Å². The Labute approximate surface area is 177 Å². The minimum Gasteiger partial charge on any atom is -0.495 e. The van der Waals surface area contributed by atoms with E-state index in [-0.39, 0.29) is 11.9 Å². The molecule has 9 heteroatoms. The first-order valence-corrected chi connectivity index (χ1v) is 10.3. The fourth-order valence-electron chi connectivity index (χ4n) is 3.14. The number of aromatic nitrogens is 3. The molecule has 4 rings (SSSR count). The number of hydrogen-bond donors (Lipinski definition) is 2. The van der Waals surface area contributed by atoms with Crippen LogP contribution in [0.25, 0.3) is 0 Å². The number of halogens is 1. The van der Waals surface area contributed by atoms with Gasteiger partial charge in [0, 0.05) is 5.69 Å². The van der Waals surface area contributed by atoms with E-state index in [9.17, 15) is 4.79 Å². The van der Waals surface area contributed by atoms with Crippen LogP contribution in [0.3, 0.4) is 0 Å². The molecular formula is C20H20ClN5O2S. The number of anilines is 1. The van der Waals surface area contributed by atoms with E-state index in [2.05, 4.69) is 20.9 Å². The average molecular weight is 430 g/mol. The highest BCUT2D eigenvalue weighted by Gasteiger charge is 2.37. The van der Waals surface area contributed by atoms with Gasteiger partial charge in [0.2, 0.25) is 11.1 Å². The van der Waals surface area contributed by atoms with E-state index >= 15 is 0 Å². The Morgan fingerprint density at radius 1 is 1.21 bits per heavy atom. The van der Waals surface area contributed by atoms with Gasteiger partial charge in [0.25, 0.3) is 0 Å². The molecule has 3 aromatic rings. The van der Waals surface area contributed by atoms with E-state index in [1.54, 1.807) is 17.9 Å². The van der Waals surface area contributed by atoms with E-state index in [0.717, 1.165) is 22.6 Å². The minimum absolute atomic E-state index is 0.129. The molecule has 29 heavy (non-hydrogen) atoms. The summed E-state index contributed by atoms with van der Waals surface area (Å²) in [6.07, 6.45) is 0. The van der Waals surface area contributed by atoms with Gasteiger partial charge in [-0.3, -0.25) is 4.79 Å². The maximum Gasteiger partial charge on any atom is 0.240 e. The zero-order chi connectivity index (χ0) is 20.5. The molecule has 1 aliphatic rings. The first kappa shape index (κ1) is 19.6. The summed E-state index contributed by atoms with van der Waals surface area (Å²) in [4.78, 5) is 13.2. The van der Waals surface area contributed by atoms with Crippen molar-refractivity contribution in [3.05, 3.63) is 64.4 Å². The zero-order valence-corrected chi connectivity index (χ0v) is 17.7. The van der Waals surface area contributed by atoms with Gasteiger partial charge in [-0.25, -0.2) is 4.68 Å². The molecule has 1 aliphatic heterocycles. The lowest BCUT2D eigenvalue weighted by molar-refractivity contribution is -0.116. The number of methoxy groups -OCH3 is 1. The number of amides is 1. The minimum atomic E-state index is -0.475. The van der Waals surface area contributed by atoms with Crippen LogP contribution in [-0.4, -0.2) is 33.1 Å². The number of carbonyl (C=O) groups is 1. The van der Waals surface area contributed by atoms with Gasteiger partial charge in [0.1, 0.15) is 16.8 Å². The molecule has 2 heterocycles. The first-order chi connectivity index (χ1) is 14.0. The molecule has 0 aliphatic carbocycles. The van der Waals surface area contributed by atoms with Crippen LogP contribution in [-0.2, 0) is 4.79 Å². The second-order valence-corrected chi connectivity index (χ2v) is 8.28. The number of rotatable bonds is 4. The van der Waals surface area contributed by atoms with Crippen LogP contribution in [0.2, 0.25) is 5.02 Å². The van der Waals surface area contributed by atoms with Crippen molar-refractivity contribution in [2.45, 2.75) is 30.3 Å². The molecule has 0 saturated heterocycles. The van der Waals surface area contributed by atoms with Crippen LogP contribution in [0.15, 0.2) is 47.6 Å². The lowest BCUT2D eigenvalue weighted by atomic mass is 10.0. The molecule has 0 radical (unpaired) electrons. The Bertz CT molecular complexity index is 1050. The third-order valence-electron chi connectivity index (χ3n) is 4.71. The number of nitrogens with zero attached hydrogens (tertiary/aromatic N) is 3. The van der Waals surface area contributed by atoms with E-state index in [0.29, 0.717) is 15.9 Å². The average Bonchev–Trinajstić information content (AvgIpc) is 3.08. The van der Waals surface area contributed by atoms with Crippen molar-refractivity contribution in [2.24, 2.45) is 0 Å². The maximum absolute atomic E-state index is 13.2. The molecule has 0 fully saturated rings. The number of thioether (sulfide) groups is 1. The van der Waals surface area contributed by atoms with Crippen LogP contribution in [0.4, 0.5) is 5.69 Å². The predicted molar refractivity (Wildman–Crippen MR) is 114 cm³/mol. The van der Waals surface area contributed by atoms with Gasteiger partial charge in [-0.05, 0) is 43.7 Å². The van der Waals surface area contributed by atoms with Gasteiger partial charge in [0.15, 0.2) is 0 Å². The van der Waals surface area contributed by atoms with Crippen LogP contribution < -0.4 is 15.5 Å². The number of hydrogen-bond acceptors (Lipinski definition) is 6. The van der Waals surface area contributed by atoms with Crippen molar-refractivity contribution < 1.29 is 9.53 Å². The van der Waals surface area contributed by atoms with Crippen LogP contribution in [0.1, 0.15) is 23.0 Å². The Morgan fingerprint density at radius 3 is 2.66 bits per heavy atom. The summed E-state index contributed by atoms with van der Waals surface area (Å²) in [7, 11) is 1.57. The van der Waals surface area contributed by atoms with E-state index in [1.165, 1.54) is 11.8 Å². The Morgan fingerprint density at radius 2 is 1.97 bits per heavy atom. The Kier molecular flexibility index (Phi) is 5.38. The number of ether oxygens (including phenoxy) is 1. The molecule has 0 unspecified atom stereocenters. The van der Waals surface area contributed by atoms with Crippen molar-refractivity contribution in [2.75, 3.05) is 17.9 Å². The molecule has 0 bridgehead atoms. The largest absolute Gasteiger partial charge is 0.495 e. The molecule has 2 atom stereocenters. The van der Waals surface area contributed by atoms with Gasteiger partial charge in [-0.15, -0.1) is 10.2 Å². The molecule has 0 spiro atoms. The highest BCUT2D eigenvalue weighted by Crippen LogP contribution is 2.39. The van der Waals surface area contributed by atoms with Crippen molar-refractivity contribution in [1.29, 1.82) is 0 Å². The van der Waals surface area contributed by atoms with Gasteiger partial charge >= 0.3 is 0 Å². The number of aryl methyl sites for hydroxylation is 2. The van der Waals surface area contributed by atoms with Crippen molar-refractivity contribution in [1.82, 2.24) is 14.9 Å². The van der Waals surface area contributed by atoms with E-state index < -0.39 is 5.25 Å². The highest BCUT2D eigenvalue weighted by atomic mass is 35.5. The quantitative estimate of drug-likeness (QED) is 0.653. The molecule has 7 nitrogen and oxygen atoms in total. The fraction of sp³-hybridized carbons (Fsp3) is 0.250. The summed E-state index contributed by atoms with van der Waals surface area (Å²) in [5, 5.41) is 11.9. The van der Waals surface area contributed by atoms with Crippen molar-refractivity contribution in [3.63, 3.8) is 0 Å². The summed E-state index contributed by atoms with van der Waals surface area (Å²) in [6, 6.07) is 12.9. The van der Waals surface area contributed by atoms with E-state index in [1.807, 2.05) is 50.2 Å². The van der Waals surface area contributed by atoms with Gasteiger partial charge in [0.05, 0.1) is 18.2 Å². The smallest absolute Gasteiger partial charge is 0.240 e. The second kappa shape index (κ2) is 7.96. The van der Waals surface area contributed by atoms with Crippen LogP contribution in [0.5, 0.6) is 5.75 Å². The fourth-order valence-corrected chi connectivity index (χ4v) is 4.53. The van der Waals surface area contributed by atoms with Crippen LogP contribution in [0, 0.1) is 13.8 Å². The SMILES string of the molecule is COc1ccc([C@@H]2Nn3c(C)nnc3S[C@H]2C(=O)Nc2ccc(C)cc2)cc1Cl. The molecular weight excluding hydrogens is 410 g/mol. The summed E-state index contributed by atoms with van der Waals surface area (Å²) >= 11 is 7.71. The number of fused-ring (bicyclic) bond motifs is 1. The normalized spacial score (nSPS) is 17.9. The van der Waals surface area contributed by atoms with Gasteiger partial charge < -0.3 is 15.5 Å². The van der Waals surface area contributed by atoms with Gasteiger partial charge in [-0.2, -0.15) is 0 Å². The number of nitrogens with one attached hydrogen (secondary N) is 2. The highest BCUT2D eigenvalue weighted by molar-refractivity contribution is 8.00. The summed E-state index contributed by atoms with van der Waals surface area (Å²) < 4.78 is 7.05. The topological polar surface area (TPSA) is 81.1 Å². The third kappa shape index (κ3) is 3.90. The second-order valence-electron chi connectivity index (χ2n) is 6.76. The monoisotopic (exact) mass is 429 g/mol. The molecule has 0 saturated carbocycles. The lowest BCUT2D eigenvalue weighted by Crippen LogP contribution is -2.41. The van der Waals surface area contributed by atoms with Crippen molar-refractivity contribution in [3.8, 4) is 5.75 Å². The number of carbonyl (C=O) groups excluding carboxylic acids is 1. The summed E-state index contributed by atoms with van der Waals surface area (Å²) in [5.74, 6) is 1.17. The van der Waals surface area contributed by atoms with E-state index in [4.69, 9.17) is 16.3 Å². The first-order valence-electron chi connectivity index (χ1n) is 9.02. The summed E-state index contributed by atoms with van der Waals surface area (Å²) in [5.41, 5.74) is 6.11. The van der Waals surface area contributed by atoms with Gasteiger partial charge in [-0.1, -0.05) is 47.1 Å². The molecule has 1 amide bonds.